The molecule has 6 rings (SSSR count). The second kappa shape index (κ2) is 11.4. The van der Waals surface area contributed by atoms with Gasteiger partial charge >= 0.3 is 0 Å². The fraction of sp³-hybridized carbons (Fsp3) is 0.441. The zero-order valence-corrected chi connectivity index (χ0v) is 25.1. The number of rotatable bonds is 8. The number of nitrogens with zero attached hydrogens (tertiary/aromatic N) is 3. The van der Waals surface area contributed by atoms with Crippen LogP contribution in [0, 0.1) is 11.8 Å². The molecule has 220 valence electrons. The molecular formula is C34H39N3O4S. The largest absolute Gasteiger partial charge is 0.394 e. The van der Waals surface area contributed by atoms with Crippen molar-refractivity contribution in [3.63, 3.8) is 0 Å². The van der Waals surface area contributed by atoms with E-state index in [-0.39, 0.29) is 24.3 Å². The van der Waals surface area contributed by atoms with E-state index in [4.69, 9.17) is 0 Å². The minimum Gasteiger partial charge on any atom is -0.394 e. The molecule has 0 radical (unpaired) electrons. The van der Waals surface area contributed by atoms with E-state index >= 15 is 0 Å². The average Bonchev–Trinajstić information content (AvgIpc) is 3.28. The Balaban J connectivity index is 1.46. The Labute approximate surface area is 252 Å². The summed E-state index contributed by atoms with van der Waals surface area (Å²) >= 11 is 1.59. The Morgan fingerprint density at radius 2 is 1.50 bits per heavy atom. The molecule has 1 spiro atoms. The van der Waals surface area contributed by atoms with Crippen LogP contribution in [0.3, 0.4) is 0 Å². The summed E-state index contributed by atoms with van der Waals surface area (Å²) in [5, 5.41) is 10.7. The van der Waals surface area contributed by atoms with Crippen molar-refractivity contribution in [2.24, 2.45) is 11.8 Å². The Morgan fingerprint density at radius 1 is 0.857 bits per heavy atom. The topological polar surface area (TPSA) is 81.2 Å². The molecule has 0 aromatic heterocycles. The summed E-state index contributed by atoms with van der Waals surface area (Å²) in [6.07, 6.45) is 9.44. The number of aliphatic hydroxyl groups excluding tert-OH is 1. The molecule has 42 heavy (non-hydrogen) atoms. The molecule has 2 aromatic carbocycles. The molecule has 2 saturated heterocycles. The second-order valence-corrected chi connectivity index (χ2v) is 13.9. The van der Waals surface area contributed by atoms with Crippen molar-refractivity contribution in [2.45, 2.75) is 54.8 Å². The second-order valence-electron chi connectivity index (χ2n) is 12.1. The summed E-state index contributed by atoms with van der Waals surface area (Å²) < 4.78 is -1.57. The third-order valence-corrected chi connectivity index (χ3v) is 11.1. The number of hydrogen-bond acceptors (Lipinski definition) is 5. The number of fused-ring (bicyclic) bond motifs is 2. The SMILES string of the molecule is CCCN1CC=C[C@@]2(C)S[C@]34C=CCN(Cc5ccccc5)C(=O)C3N([C@@H](CO)Cc3ccccc3)C(=O)[C@@H]4[C@H]2C1=O. The van der Waals surface area contributed by atoms with Crippen LogP contribution in [-0.4, -0.2) is 85.3 Å². The molecule has 7 nitrogen and oxygen atoms in total. The molecule has 0 bridgehead atoms. The monoisotopic (exact) mass is 585 g/mol. The van der Waals surface area contributed by atoms with Gasteiger partial charge in [-0.15, -0.1) is 11.8 Å². The van der Waals surface area contributed by atoms with Gasteiger partial charge in [-0.2, -0.15) is 0 Å². The highest BCUT2D eigenvalue weighted by Gasteiger charge is 2.74. The highest BCUT2D eigenvalue weighted by atomic mass is 32.2. The average molecular weight is 586 g/mol. The number of benzene rings is 2. The molecule has 8 heteroatoms. The predicted molar refractivity (Wildman–Crippen MR) is 164 cm³/mol. The van der Waals surface area contributed by atoms with Crippen molar-refractivity contribution >= 4 is 29.5 Å². The van der Waals surface area contributed by atoms with E-state index in [2.05, 4.69) is 12.2 Å². The normalized spacial score (nSPS) is 31.1. The first-order chi connectivity index (χ1) is 20.3. The van der Waals surface area contributed by atoms with Crippen LogP contribution >= 0.6 is 11.8 Å². The number of carbonyl (C=O) groups is 3. The van der Waals surface area contributed by atoms with Crippen LogP contribution < -0.4 is 0 Å². The highest BCUT2D eigenvalue weighted by Crippen LogP contribution is 2.65. The number of hydrogen-bond donors (Lipinski definition) is 1. The quantitative estimate of drug-likeness (QED) is 0.478. The van der Waals surface area contributed by atoms with Crippen LogP contribution in [0.1, 0.15) is 31.4 Å². The highest BCUT2D eigenvalue weighted by molar-refractivity contribution is 8.02. The van der Waals surface area contributed by atoms with Gasteiger partial charge in [0.05, 0.1) is 29.2 Å². The predicted octanol–water partition coefficient (Wildman–Crippen LogP) is 3.68. The Morgan fingerprint density at radius 3 is 2.17 bits per heavy atom. The summed E-state index contributed by atoms with van der Waals surface area (Å²) in [5.74, 6) is -1.70. The lowest BCUT2D eigenvalue weighted by Gasteiger charge is -2.40. The third kappa shape index (κ3) is 4.69. The smallest absolute Gasteiger partial charge is 0.247 e. The summed E-state index contributed by atoms with van der Waals surface area (Å²) in [7, 11) is 0. The Bertz CT molecular complexity index is 1400. The van der Waals surface area contributed by atoms with Crippen molar-refractivity contribution < 1.29 is 19.5 Å². The summed E-state index contributed by atoms with van der Waals surface area (Å²) in [5.41, 5.74) is 1.99. The molecular weight excluding hydrogens is 546 g/mol. The maximum atomic E-state index is 14.8. The van der Waals surface area contributed by atoms with E-state index in [0.29, 0.717) is 32.6 Å². The summed E-state index contributed by atoms with van der Waals surface area (Å²) in [6, 6.07) is 18.2. The van der Waals surface area contributed by atoms with Crippen LogP contribution in [0.4, 0.5) is 0 Å². The molecule has 0 aliphatic carbocycles. The first kappa shape index (κ1) is 28.7. The molecule has 3 amide bonds. The number of likely N-dealkylation sites (tertiary alicyclic amines) is 1. The van der Waals surface area contributed by atoms with Crippen LogP contribution in [0.25, 0.3) is 0 Å². The molecule has 0 saturated carbocycles. The first-order valence-electron chi connectivity index (χ1n) is 15.0. The number of aliphatic hydroxyl groups is 1. The molecule has 4 heterocycles. The molecule has 2 aromatic rings. The molecule has 1 unspecified atom stereocenters. The standard InChI is InChI=1S/C34H39N3O4S/c1-3-18-35-19-10-16-33(2)27(30(35)39)28-31(40)37(26(23-38)21-24-12-6-4-7-13-24)29-32(41)36(20-11-17-34(28,29)42-33)22-25-14-8-5-9-15-25/h4-17,26-29,38H,3,18-23H2,1-2H3/t26-,27+,28+,29?,33-,34+/m1/s1. The molecule has 4 aliphatic heterocycles. The van der Waals surface area contributed by atoms with E-state index in [0.717, 1.165) is 17.5 Å². The zero-order chi connectivity index (χ0) is 29.5. The fourth-order valence-electron chi connectivity index (χ4n) is 7.51. The lowest BCUT2D eigenvalue weighted by molar-refractivity contribution is -0.147. The van der Waals surface area contributed by atoms with Gasteiger partial charge in [-0.3, -0.25) is 14.4 Å². The van der Waals surface area contributed by atoms with Crippen LogP contribution in [0.2, 0.25) is 0 Å². The van der Waals surface area contributed by atoms with E-state index in [1.807, 2.05) is 96.5 Å². The van der Waals surface area contributed by atoms with Gasteiger partial charge in [-0.1, -0.05) is 91.9 Å². The van der Waals surface area contributed by atoms with Gasteiger partial charge in [0.25, 0.3) is 0 Å². The van der Waals surface area contributed by atoms with E-state index in [1.54, 1.807) is 16.7 Å². The maximum absolute atomic E-state index is 14.8. The van der Waals surface area contributed by atoms with Gasteiger partial charge in [-0.25, -0.2) is 0 Å². The fourth-order valence-corrected chi connectivity index (χ4v) is 9.65. The van der Waals surface area contributed by atoms with Crippen molar-refractivity contribution in [2.75, 3.05) is 26.2 Å². The number of thioether (sulfide) groups is 1. The molecule has 4 aliphatic rings. The number of carbonyl (C=O) groups excluding carboxylic acids is 3. The van der Waals surface area contributed by atoms with E-state index in [9.17, 15) is 19.5 Å². The van der Waals surface area contributed by atoms with Crippen LogP contribution in [0.5, 0.6) is 0 Å². The van der Waals surface area contributed by atoms with Gasteiger partial charge < -0.3 is 19.8 Å². The Hall–Kier alpha value is -3.36. The maximum Gasteiger partial charge on any atom is 0.247 e. The third-order valence-electron chi connectivity index (χ3n) is 9.29. The van der Waals surface area contributed by atoms with Gasteiger partial charge in [0.2, 0.25) is 17.7 Å². The van der Waals surface area contributed by atoms with Gasteiger partial charge in [0.15, 0.2) is 0 Å². The lowest BCUT2D eigenvalue weighted by Crippen LogP contribution is -2.57. The zero-order valence-electron chi connectivity index (χ0n) is 24.3. The summed E-state index contributed by atoms with van der Waals surface area (Å²) in [6.45, 7) is 5.79. The minimum absolute atomic E-state index is 0.0254. The van der Waals surface area contributed by atoms with Gasteiger partial charge in [-0.05, 0) is 30.9 Å². The van der Waals surface area contributed by atoms with Crippen molar-refractivity contribution in [3.05, 3.63) is 96.1 Å². The molecule has 1 N–H and O–H groups in total. The summed E-state index contributed by atoms with van der Waals surface area (Å²) in [4.78, 5) is 49.0. The van der Waals surface area contributed by atoms with Crippen molar-refractivity contribution in [3.8, 4) is 0 Å². The van der Waals surface area contributed by atoms with Gasteiger partial charge in [0.1, 0.15) is 6.04 Å². The van der Waals surface area contributed by atoms with Crippen molar-refractivity contribution in [1.82, 2.24) is 14.7 Å². The van der Waals surface area contributed by atoms with Gasteiger partial charge in [0, 0.05) is 30.9 Å². The minimum atomic E-state index is -0.932. The van der Waals surface area contributed by atoms with Crippen molar-refractivity contribution in [1.29, 1.82) is 0 Å². The molecule has 6 atom stereocenters. The van der Waals surface area contributed by atoms with E-state index < -0.39 is 33.4 Å². The lowest BCUT2D eigenvalue weighted by atomic mass is 9.74. The van der Waals surface area contributed by atoms with E-state index in [1.165, 1.54) is 0 Å². The van der Waals surface area contributed by atoms with Crippen LogP contribution in [-0.2, 0) is 27.3 Å². The Kier molecular flexibility index (Phi) is 7.79. The van der Waals surface area contributed by atoms with Crippen LogP contribution in [0.15, 0.2) is 85.0 Å². The molecule has 2 fully saturated rings. The first-order valence-corrected chi connectivity index (χ1v) is 15.8. The number of amides is 3.